The Hall–Kier alpha value is -2.60. The van der Waals surface area contributed by atoms with Crippen molar-refractivity contribution in [2.45, 2.75) is 19.9 Å². The largest absolute Gasteiger partial charge is 0.495 e. The molecule has 25 heavy (non-hydrogen) atoms. The van der Waals surface area contributed by atoms with E-state index >= 15 is 0 Å². The van der Waals surface area contributed by atoms with Gasteiger partial charge in [-0.2, -0.15) is 0 Å². The number of methoxy groups -OCH3 is 1. The molecule has 0 aliphatic carbocycles. The molecule has 1 aliphatic rings. The van der Waals surface area contributed by atoms with Gasteiger partial charge in [0.2, 0.25) is 12.7 Å². The van der Waals surface area contributed by atoms with E-state index in [1.54, 1.807) is 31.2 Å². The number of rotatable bonds is 5. The van der Waals surface area contributed by atoms with Gasteiger partial charge in [-0.15, -0.1) is 0 Å². The highest BCUT2D eigenvalue weighted by Crippen LogP contribution is 2.34. The SMILES string of the molecule is COc1cc(Cl)c(C)cc1NC(=O)[C@@H](C)Nc1ccc2c(c1)OCO2. The zero-order chi connectivity index (χ0) is 18.0. The van der Waals surface area contributed by atoms with Gasteiger partial charge >= 0.3 is 0 Å². The van der Waals surface area contributed by atoms with Crippen molar-refractivity contribution in [2.75, 3.05) is 24.5 Å². The predicted molar refractivity (Wildman–Crippen MR) is 97.0 cm³/mol. The quantitative estimate of drug-likeness (QED) is 0.846. The van der Waals surface area contributed by atoms with E-state index in [0.29, 0.717) is 28.0 Å². The third kappa shape index (κ3) is 3.74. The number of fused-ring (bicyclic) bond motifs is 1. The number of benzene rings is 2. The molecular weight excluding hydrogens is 344 g/mol. The molecule has 1 amide bonds. The van der Waals surface area contributed by atoms with Crippen LogP contribution in [0.2, 0.25) is 5.02 Å². The molecular formula is C18H19ClN2O4. The topological polar surface area (TPSA) is 68.8 Å². The number of ether oxygens (including phenoxy) is 3. The highest BCUT2D eigenvalue weighted by Gasteiger charge is 2.18. The van der Waals surface area contributed by atoms with Crippen LogP contribution in [0.15, 0.2) is 30.3 Å². The molecule has 1 heterocycles. The Morgan fingerprint density at radius 2 is 2.00 bits per heavy atom. The Morgan fingerprint density at radius 1 is 1.24 bits per heavy atom. The van der Waals surface area contributed by atoms with E-state index in [1.807, 2.05) is 13.0 Å². The average molecular weight is 363 g/mol. The fraction of sp³-hybridized carbons (Fsp3) is 0.278. The van der Waals surface area contributed by atoms with E-state index < -0.39 is 6.04 Å². The van der Waals surface area contributed by atoms with E-state index in [2.05, 4.69) is 10.6 Å². The van der Waals surface area contributed by atoms with Gasteiger partial charge in [0.05, 0.1) is 12.8 Å². The van der Waals surface area contributed by atoms with Crippen LogP contribution in [0.25, 0.3) is 0 Å². The summed E-state index contributed by atoms with van der Waals surface area (Å²) in [6, 6.07) is 8.44. The second-order valence-electron chi connectivity index (χ2n) is 5.72. The Kier molecular flexibility index (Phi) is 4.90. The number of hydrogen-bond acceptors (Lipinski definition) is 5. The Balaban J connectivity index is 1.70. The lowest BCUT2D eigenvalue weighted by Gasteiger charge is -2.17. The van der Waals surface area contributed by atoms with Crippen LogP contribution in [0.5, 0.6) is 17.2 Å². The van der Waals surface area contributed by atoms with Gasteiger partial charge in [0.15, 0.2) is 11.5 Å². The van der Waals surface area contributed by atoms with Crippen molar-refractivity contribution in [3.63, 3.8) is 0 Å². The molecule has 7 heteroatoms. The molecule has 2 aromatic rings. The van der Waals surface area contributed by atoms with Gasteiger partial charge in [-0.3, -0.25) is 4.79 Å². The molecule has 6 nitrogen and oxygen atoms in total. The van der Waals surface area contributed by atoms with Crippen LogP contribution in [0.4, 0.5) is 11.4 Å². The lowest BCUT2D eigenvalue weighted by atomic mass is 10.2. The number of amides is 1. The summed E-state index contributed by atoms with van der Waals surface area (Å²) >= 11 is 6.09. The highest BCUT2D eigenvalue weighted by molar-refractivity contribution is 6.31. The maximum Gasteiger partial charge on any atom is 0.246 e. The molecule has 0 aromatic heterocycles. The summed E-state index contributed by atoms with van der Waals surface area (Å²) < 4.78 is 15.9. The third-order valence-electron chi connectivity index (χ3n) is 3.89. The molecule has 1 aliphatic heterocycles. The molecule has 0 radical (unpaired) electrons. The molecule has 0 spiro atoms. The first-order valence-corrected chi connectivity index (χ1v) is 8.17. The van der Waals surface area contributed by atoms with Crippen LogP contribution < -0.4 is 24.8 Å². The third-order valence-corrected chi connectivity index (χ3v) is 4.29. The fourth-order valence-electron chi connectivity index (χ4n) is 2.47. The standard InChI is InChI=1S/C18H19ClN2O4/c1-10-6-14(16(23-3)8-13(10)19)21-18(22)11(2)20-12-4-5-15-17(7-12)25-9-24-15/h4-8,11,20H,9H2,1-3H3,(H,21,22)/t11-/m1/s1. The van der Waals surface area contributed by atoms with Crippen molar-refractivity contribution >= 4 is 28.9 Å². The zero-order valence-electron chi connectivity index (χ0n) is 14.2. The monoisotopic (exact) mass is 362 g/mol. The lowest BCUT2D eigenvalue weighted by molar-refractivity contribution is -0.116. The van der Waals surface area contributed by atoms with E-state index in [0.717, 1.165) is 11.3 Å². The smallest absolute Gasteiger partial charge is 0.246 e. The molecule has 0 saturated heterocycles. The molecule has 0 saturated carbocycles. The predicted octanol–water partition coefficient (Wildman–Crippen LogP) is 3.82. The number of anilines is 2. The molecule has 1 atom stereocenters. The first kappa shape index (κ1) is 17.2. The summed E-state index contributed by atoms with van der Waals surface area (Å²) in [4.78, 5) is 12.5. The van der Waals surface area contributed by atoms with Gasteiger partial charge in [0.1, 0.15) is 11.8 Å². The number of nitrogens with one attached hydrogen (secondary N) is 2. The number of carbonyl (C=O) groups is 1. The van der Waals surface area contributed by atoms with Crippen LogP contribution in [-0.4, -0.2) is 25.9 Å². The van der Waals surface area contributed by atoms with Gasteiger partial charge in [0, 0.05) is 22.8 Å². The molecule has 3 rings (SSSR count). The number of aryl methyl sites for hydroxylation is 1. The summed E-state index contributed by atoms with van der Waals surface area (Å²) in [5, 5.41) is 6.59. The summed E-state index contributed by atoms with van der Waals surface area (Å²) in [6.45, 7) is 3.85. The van der Waals surface area contributed by atoms with Crippen molar-refractivity contribution < 1.29 is 19.0 Å². The second-order valence-corrected chi connectivity index (χ2v) is 6.13. The normalized spacial score (nSPS) is 13.3. The summed E-state index contributed by atoms with van der Waals surface area (Å²) in [7, 11) is 1.53. The summed E-state index contributed by atoms with van der Waals surface area (Å²) in [5.74, 6) is 1.67. The Labute approximate surface area is 151 Å². The zero-order valence-corrected chi connectivity index (χ0v) is 14.9. The molecule has 0 unspecified atom stereocenters. The van der Waals surface area contributed by atoms with Crippen LogP contribution in [0.1, 0.15) is 12.5 Å². The van der Waals surface area contributed by atoms with E-state index in [1.165, 1.54) is 7.11 Å². The Morgan fingerprint density at radius 3 is 2.76 bits per heavy atom. The van der Waals surface area contributed by atoms with E-state index in [-0.39, 0.29) is 12.7 Å². The van der Waals surface area contributed by atoms with Crippen LogP contribution in [0.3, 0.4) is 0 Å². The second kappa shape index (κ2) is 7.11. The minimum Gasteiger partial charge on any atom is -0.495 e. The van der Waals surface area contributed by atoms with Crippen LogP contribution in [-0.2, 0) is 4.79 Å². The van der Waals surface area contributed by atoms with Gasteiger partial charge in [-0.1, -0.05) is 11.6 Å². The van der Waals surface area contributed by atoms with Crippen molar-refractivity contribution in [1.29, 1.82) is 0 Å². The minimum atomic E-state index is -0.471. The molecule has 2 N–H and O–H groups in total. The van der Waals surface area contributed by atoms with E-state index in [4.69, 9.17) is 25.8 Å². The lowest BCUT2D eigenvalue weighted by Crippen LogP contribution is -2.32. The van der Waals surface area contributed by atoms with Gasteiger partial charge < -0.3 is 24.8 Å². The van der Waals surface area contributed by atoms with Gasteiger partial charge in [-0.05, 0) is 37.6 Å². The average Bonchev–Trinajstić information content (AvgIpc) is 3.05. The van der Waals surface area contributed by atoms with Crippen molar-refractivity contribution in [3.05, 3.63) is 40.9 Å². The highest BCUT2D eigenvalue weighted by atomic mass is 35.5. The molecule has 0 bridgehead atoms. The Bertz CT molecular complexity index is 810. The maximum absolute atomic E-state index is 12.5. The van der Waals surface area contributed by atoms with Gasteiger partial charge in [-0.25, -0.2) is 0 Å². The van der Waals surface area contributed by atoms with Gasteiger partial charge in [0.25, 0.3) is 0 Å². The van der Waals surface area contributed by atoms with Crippen molar-refractivity contribution in [3.8, 4) is 17.2 Å². The van der Waals surface area contributed by atoms with Crippen molar-refractivity contribution in [2.24, 2.45) is 0 Å². The fourth-order valence-corrected chi connectivity index (χ4v) is 2.63. The molecule has 2 aromatic carbocycles. The summed E-state index contributed by atoms with van der Waals surface area (Å²) in [5.41, 5.74) is 2.20. The molecule has 0 fully saturated rings. The van der Waals surface area contributed by atoms with Crippen molar-refractivity contribution in [1.82, 2.24) is 0 Å². The number of hydrogen-bond donors (Lipinski definition) is 2. The number of halogens is 1. The summed E-state index contributed by atoms with van der Waals surface area (Å²) in [6.07, 6.45) is 0. The first-order valence-electron chi connectivity index (χ1n) is 7.79. The molecule has 132 valence electrons. The van der Waals surface area contributed by atoms with Crippen LogP contribution in [0, 0.1) is 6.92 Å². The number of carbonyl (C=O) groups excluding carboxylic acids is 1. The first-order chi connectivity index (χ1) is 12.0. The maximum atomic E-state index is 12.5. The minimum absolute atomic E-state index is 0.197. The van der Waals surface area contributed by atoms with E-state index in [9.17, 15) is 4.79 Å². The van der Waals surface area contributed by atoms with Crippen LogP contribution >= 0.6 is 11.6 Å².